The zero-order valence-electron chi connectivity index (χ0n) is 5.30. The average molecular weight is 309 g/mol. The summed E-state index contributed by atoms with van der Waals surface area (Å²) in [6.07, 6.45) is 1.95. The van der Waals surface area contributed by atoms with Gasteiger partial charge in [0.1, 0.15) is 0 Å². The van der Waals surface area contributed by atoms with Crippen LogP contribution in [-0.4, -0.2) is 4.98 Å². The van der Waals surface area contributed by atoms with Gasteiger partial charge in [-0.15, -0.1) is 0 Å². The van der Waals surface area contributed by atoms with E-state index in [1.54, 1.807) is 0 Å². The van der Waals surface area contributed by atoms with Gasteiger partial charge in [-0.2, -0.15) is 0 Å². The van der Waals surface area contributed by atoms with Crippen molar-refractivity contribution in [3.05, 3.63) is 36.5 Å². The van der Waals surface area contributed by atoms with E-state index in [-0.39, 0.29) is 20.1 Å². The Morgan fingerprint density at radius 3 is 2.60 bits per heavy atom. The van der Waals surface area contributed by atoms with Crippen LogP contribution in [-0.2, 0) is 20.1 Å². The van der Waals surface area contributed by atoms with E-state index in [4.69, 9.17) is 0 Å². The molecular weight excluding hydrogens is 302 g/mol. The zero-order chi connectivity index (χ0) is 6.10. The van der Waals surface area contributed by atoms with Gasteiger partial charge < -0.3 is 4.98 Å². The molecule has 1 radical (unpaired) electrons. The van der Waals surface area contributed by atoms with E-state index in [0.29, 0.717) is 0 Å². The van der Waals surface area contributed by atoms with E-state index in [1.807, 2.05) is 18.3 Å². The molecular formula is C8H7IrN. The Morgan fingerprint density at radius 2 is 1.80 bits per heavy atom. The molecule has 0 aliphatic heterocycles. The first-order chi connectivity index (χ1) is 4.47. The molecule has 1 N–H and O–H groups in total. The van der Waals surface area contributed by atoms with Crippen LogP contribution in [0.5, 0.6) is 0 Å². The summed E-state index contributed by atoms with van der Waals surface area (Å²) in [4.78, 5) is 3.12. The van der Waals surface area contributed by atoms with Crippen LogP contribution in [0.2, 0.25) is 0 Å². The number of aromatic amines is 1. The Balaban J connectivity index is 0.000000500. The van der Waals surface area contributed by atoms with Crippen LogP contribution in [0, 0.1) is 0 Å². The van der Waals surface area contributed by atoms with E-state index in [9.17, 15) is 0 Å². The third-order valence-electron chi connectivity index (χ3n) is 1.46. The third-order valence-corrected chi connectivity index (χ3v) is 1.46. The van der Waals surface area contributed by atoms with E-state index in [0.717, 1.165) is 0 Å². The predicted octanol–water partition coefficient (Wildman–Crippen LogP) is 2.17. The monoisotopic (exact) mass is 310 g/mol. The summed E-state index contributed by atoms with van der Waals surface area (Å²) >= 11 is 0. The minimum Gasteiger partial charge on any atom is -0.361 e. The molecule has 0 bridgehead atoms. The smallest absolute Gasteiger partial charge is 0.0453 e. The maximum atomic E-state index is 3.12. The molecule has 10 heavy (non-hydrogen) atoms. The summed E-state index contributed by atoms with van der Waals surface area (Å²) < 4.78 is 0. The van der Waals surface area contributed by atoms with E-state index < -0.39 is 0 Å². The summed E-state index contributed by atoms with van der Waals surface area (Å²) in [5.41, 5.74) is 1.21. The molecule has 53 valence electrons. The van der Waals surface area contributed by atoms with Crippen LogP contribution in [0.3, 0.4) is 0 Å². The second-order valence-corrected chi connectivity index (χ2v) is 2.06. The number of nitrogens with one attached hydrogen (secondary N) is 1. The Labute approximate surface area is 72.8 Å². The number of H-pyrrole nitrogens is 1. The number of hydrogen-bond donors (Lipinski definition) is 1. The van der Waals surface area contributed by atoms with Crippen LogP contribution < -0.4 is 0 Å². The SMILES string of the molecule is [Ir].c1ccc2[nH]ccc2c1. The molecule has 2 rings (SSSR count). The minimum absolute atomic E-state index is 0. The van der Waals surface area contributed by atoms with Gasteiger partial charge in [0, 0.05) is 31.8 Å². The van der Waals surface area contributed by atoms with Crippen LogP contribution in [0.4, 0.5) is 0 Å². The van der Waals surface area contributed by atoms with Gasteiger partial charge in [0.05, 0.1) is 0 Å². The quantitative estimate of drug-likeness (QED) is 0.768. The standard InChI is InChI=1S/C8H7N.Ir/c1-2-4-8-7(3-1)5-6-9-8;/h1-6,9H;. The Bertz CT molecular complexity index is 283. The van der Waals surface area contributed by atoms with E-state index >= 15 is 0 Å². The Morgan fingerprint density at radius 1 is 1.00 bits per heavy atom. The first-order valence-corrected chi connectivity index (χ1v) is 2.99. The van der Waals surface area contributed by atoms with Crippen molar-refractivity contribution in [2.75, 3.05) is 0 Å². The summed E-state index contributed by atoms with van der Waals surface area (Å²) in [5, 5.41) is 1.28. The molecule has 0 aliphatic carbocycles. The van der Waals surface area contributed by atoms with Crippen molar-refractivity contribution in [1.29, 1.82) is 0 Å². The van der Waals surface area contributed by atoms with Crippen molar-refractivity contribution in [3.63, 3.8) is 0 Å². The fraction of sp³-hybridized carbons (Fsp3) is 0. The summed E-state index contributed by atoms with van der Waals surface area (Å²) in [6, 6.07) is 10.3. The maximum Gasteiger partial charge on any atom is 0.0453 e. The maximum absolute atomic E-state index is 3.12. The molecule has 0 saturated carbocycles. The predicted molar refractivity (Wildman–Crippen MR) is 38.3 cm³/mol. The molecule has 1 aromatic carbocycles. The second kappa shape index (κ2) is 3.00. The molecule has 0 aliphatic rings. The van der Waals surface area contributed by atoms with Crippen LogP contribution in [0.1, 0.15) is 0 Å². The zero-order valence-corrected chi connectivity index (χ0v) is 7.69. The molecule has 0 spiro atoms. The van der Waals surface area contributed by atoms with Crippen molar-refractivity contribution in [2.45, 2.75) is 0 Å². The van der Waals surface area contributed by atoms with E-state index in [1.165, 1.54) is 10.9 Å². The molecule has 0 saturated heterocycles. The fourth-order valence-electron chi connectivity index (χ4n) is 0.995. The molecule has 2 aromatic rings. The number of para-hydroxylation sites is 1. The normalized spacial score (nSPS) is 9.20. The fourth-order valence-corrected chi connectivity index (χ4v) is 0.995. The van der Waals surface area contributed by atoms with Crippen molar-refractivity contribution in [2.24, 2.45) is 0 Å². The summed E-state index contributed by atoms with van der Waals surface area (Å²) in [5.74, 6) is 0. The first kappa shape index (κ1) is 7.52. The first-order valence-electron chi connectivity index (χ1n) is 2.99. The van der Waals surface area contributed by atoms with E-state index in [2.05, 4.69) is 23.2 Å². The van der Waals surface area contributed by atoms with Gasteiger partial charge >= 0.3 is 0 Å². The van der Waals surface area contributed by atoms with Crippen LogP contribution >= 0.6 is 0 Å². The number of aromatic nitrogens is 1. The number of fused-ring (bicyclic) bond motifs is 1. The molecule has 1 nitrogen and oxygen atoms in total. The third kappa shape index (κ3) is 1.13. The molecule has 0 amide bonds. The molecule has 1 aromatic heterocycles. The summed E-state index contributed by atoms with van der Waals surface area (Å²) in [7, 11) is 0. The Kier molecular flexibility index (Phi) is 2.25. The largest absolute Gasteiger partial charge is 0.361 e. The van der Waals surface area contributed by atoms with Gasteiger partial charge in [-0.25, -0.2) is 0 Å². The topological polar surface area (TPSA) is 15.8 Å². The van der Waals surface area contributed by atoms with Crippen molar-refractivity contribution in [3.8, 4) is 0 Å². The molecule has 0 fully saturated rings. The van der Waals surface area contributed by atoms with Gasteiger partial charge in [-0.3, -0.25) is 0 Å². The minimum atomic E-state index is 0. The van der Waals surface area contributed by atoms with Gasteiger partial charge in [0.2, 0.25) is 0 Å². The van der Waals surface area contributed by atoms with Gasteiger partial charge in [-0.05, 0) is 17.5 Å². The van der Waals surface area contributed by atoms with Crippen molar-refractivity contribution < 1.29 is 20.1 Å². The molecule has 0 unspecified atom stereocenters. The van der Waals surface area contributed by atoms with Crippen LogP contribution in [0.15, 0.2) is 36.5 Å². The van der Waals surface area contributed by atoms with Gasteiger partial charge in [0.15, 0.2) is 0 Å². The van der Waals surface area contributed by atoms with Gasteiger partial charge in [0.25, 0.3) is 0 Å². The van der Waals surface area contributed by atoms with Gasteiger partial charge in [-0.1, -0.05) is 18.2 Å². The van der Waals surface area contributed by atoms with Crippen LogP contribution in [0.25, 0.3) is 10.9 Å². The molecule has 2 heteroatoms. The summed E-state index contributed by atoms with van der Waals surface area (Å²) in [6.45, 7) is 0. The number of benzene rings is 1. The van der Waals surface area contributed by atoms with Crippen molar-refractivity contribution in [1.82, 2.24) is 4.98 Å². The number of rotatable bonds is 0. The Hall–Kier alpha value is -0.591. The molecule has 0 atom stereocenters. The average Bonchev–Trinajstić information content (AvgIpc) is 2.33. The second-order valence-electron chi connectivity index (χ2n) is 2.06. The number of hydrogen-bond acceptors (Lipinski definition) is 0. The molecule has 1 heterocycles. The van der Waals surface area contributed by atoms with Crippen molar-refractivity contribution >= 4 is 10.9 Å².